The first-order valence-corrected chi connectivity index (χ1v) is 11.2. The second kappa shape index (κ2) is 7.57. The van der Waals surface area contributed by atoms with Gasteiger partial charge in [0, 0.05) is 25.7 Å². The van der Waals surface area contributed by atoms with Crippen LogP contribution >= 0.6 is 0 Å². The Morgan fingerprint density at radius 2 is 2.03 bits per heavy atom. The number of hydrogen-bond donors (Lipinski definition) is 1. The predicted octanol–water partition coefficient (Wildman–Crippen LogP) is 1.33. The van der Waals surface area contributed by atoms with E-state index in [0.717, 1.165) is 37.7 Å². The van der Waals surface area contributed by atoms with Crippen molar-refractivity contribution in [1.29, 1.82) is 5.26 Å². The fourth-order valence-electron chi connectivity index (χ4n) is 6.07. The number of halogens is 1. The van der Waals surface area contributed by atoms with Crippen molar-refractivity contribution in [3.05, 3.63) is 35.6 Å². The molecule has 3 heterocycles. The van der Waals surface area contributed by atoms with Crippen molar-refractivity contribution in [1.82, 2.24) is 14.7 Å². The van der Waals surface area contributed by atoms with E-state index in [1.807, 2.05) is 21.9 Å². The van der Waals surface area contributed by atoms with Crippen LogP contribution in [0.5, 0.6) is 0 Å². The minimum atomic E-state index is -0.732. The molecule has 0 spiro atoms. The second-order valence-corrected chi connectivity index (χ2v) is 9.38. The van der Waals surface area contributed by atoms with Gasteiger partial charge in [-0.2, -0.15) is 5.26 Å². The van der Waals surface area contributed by atoms with E-state index in [9.17, 15) is 19.2 Å². The van der Waals surface area contributed by atoms with Crippen LogP contribution in [0.2, 0.25) is 0 Å². The van der Waals surface area contributed by atoms with Gasteiger partial charge in [0.15, 0.2) is 0 Å². The van der Waals surface area contributed by atoms with Crippen LogP contribution in [0.3, 0.4) is 0 Å². The lowest BCUT2D eigenvalue weighted by Gasteiger charge is -2.53. The van der Waals surface area contributed by atoms with E-state index in [4.69, 9.17) is 5.73 Å². The quantitative estimate of drug-likeness (QED) is 0.768. The van der Waals surface area contributed by atoms with Crippen LogP contribution < -0.4 is 5.73 Å². The number of benzene rings is 1. The first-order chi connectivity index (χ1) is 14.9. The normalized spacial score (nSPS) is 30.4. The number of rotatable bonds is 5. The summed E-state index contributed by atoms with van der Waals surface area (Å²) in [7, 11) is 0. The Balaban J connectivity index is 1.28. The van der Waals surface area contributed by atoms with Crippen molar-refractivity contribution < 1.29 is 14.0 Å². The average Bonchev–Trinajstić information content (AvgIpc) is 3.43. The number of piperazine rings is 1. The average molecular weight is 426 g/mol. The van der Waals surface area contributed by atoms with Gasteiger partial charge in [-0.15, -0.1) is 0 Å². The number of carbonyl (C=O) groups is 2. The molecular weight excluding hydrogens is 397 g/mol. The summed E-state index contributed by atoms with van der Waals surface area (Å²) in [5, 5.41) is 9.25. The van der Waals surface area contributed by atoms with Crippen LogP contribution in [0.1, 0.15) is 44.1 Å². The van der Waals surface area contributed by atoms with Crippen molar-refractivity contribution in [3.8, 4) is 6.07 Å². The zero-order valence-electron chi connectivity index (χ0n) is 17.5. The number of amides is 2. The molecule has 0 aromatic heterocycles. The Labute approximate surface area is 181 Å². The summed E-state index contributed by atoms with van der Waals surface area (Å²) in [5.41, 5.74) is 6.91. The maximum Gasteiger partial charge on any atom is 0.241 e. The third-order valence-corrected chi connectivity index (χ3v) is 7.73. The largest absolute Gasteiger partial charge is 0.327 e. The van der Waals surface area contributed by atoms with E-state index < -0.39 is 6.04 Å². The lowest BCUT2D eigenvalue weighted by atomic mass is 9.70. The van der Waals surface area contributed by atoms with Crippen LogP contribution in [-0.2, 0) is 15.1 Å². The summed E-state index contributed by atoms with van der Waals surface area (Å²) < 4.78 is 13.4. The van der Waals surface area contributed by atoms with Gasteiger partial charge in [-0.05, 0) is 56.2 Å². The molecule has 4 atom stereocenters. The van der Waals surface area contributed by atoms with Gasteiger partial charge in [0.05, 0.1) is 23.7 Å². The van der Waals surface area contributed by atoms with Gasteiger partial charge in [0.25, 0.3) is 0 Å². The Morgan fingerprint density at radius 3 is 2.65 bits per heavy atom. The minimum Gasteiger partial charge on any atom is -0.327 e. The molecule has 3 aliphatic heterocycles. The summed E-state index contributed by atoms with van der Waals surface area (Å²) in [4.78, 5) is 31.8. The zero-order chi connectivity index (χ0) is 21.8. The minimum absolute atomic E-state index is 0.0869. The molecule has 7 nitrogen and oxygen atoms in total. The molecule has 4 aliphatic rings. The molecule has 8 heteroatoms. The number of fused-ring (bicyclic) bond motifs is 2. The summed E-state index contributed by atoms with van der Waals surface area (Å²) in [6.07, 6.45) is 5.11. The highest BCUT2D eigenvalue weighted by Gasteiger charge is 2.58. The smallest absolute Gasteiger partial charge is 0.241 e. The third kappa shape index (κ3) is 3.14. The zero-order valence-corrected chi connectivity index (χ0v) is 17.5. The third-order valence-electron chi connectivity index (χ3n) is 7.73. The van der Waals surface area contributed by atoms with Gasteiger partial charge < -0.3 is 15.5 Å². The Hall–Kier alpha value is -2.50. The van der Waals surface area contributed by atoms with Crippen LogP contribution in [0, 0.1) is 17.1 Å². The van der Waals surface area contributed by atoms with Crippen LogP contribution in [0.25, 0.3) is 0 Å². The summed E-state index contributed by atoms with van der Waals surface area (Å²) in [6, 6.07) is 7.45. The lowest BCUT2D eigenvalue weighted by molar-refractivity contribution is -0.150. The van der Waals surface area contributed by atoms with Crippen molar-refractivity contribution in [2.45, 2.75) is 68.2 Å². The maximum atomic E-state index is 13.4. The molecule has 5 rings (SSSR count). The second-order valence-electron chi connectivity index (χ2n) is 9.38. The number of likely N-dealkylation sites (tertiary alicyclic amines) is 3. The topological polar surface area (TPSA) is 93.7 Å². The number of nitriles is 1. The molecule has 0 radical (unpaired) electrons. The molecule has 1 aromatic carbocycles. The molecule has 31 heavy (non-hydrogen) atoms. The van der Waals surface area contributed by atoms with Gasteiger partial charge >= 0.3 is 0 Å². The van der Waals surface area contributed by atoms with Gasteiger partial charge in [-0.25, -0.2) is 4.39 Å². The number of nitrogens with zero attached hydrogens (tertiary/aromatic N) is 4. The SMILES string of the molecule is N#CC1CCCN1C(=O)C(N)CN1C[C@@H]2CC1C(=O)N2C1(c2ccc(F)cc2)CCC1. The Morgan fingerprint density at radius 1 is 1.29 bits per heavy atom. The first-order valence-electron chi connectivity index (χ1n) is 11.2. The van der Waals surface area contributed by atoms with Crippen LogP contribution in [-0.4, -0.2) is 70.3 Å². The maximum absolute atomic E-state index is 13.4. The fraction of sp³-hybridized carbons (Fsp3) is 0.609. The Bertz CT molecular complexity index is 925. The summed E-state index contributed by atoms with van der Waals surface area (Å²) in [6.45, 7) is 1.60. The summed E-state index contributed by atoms with van der Waals surface area (Å²) in [5.74, 6) is -0.372. The molecule has 1 aromatic rings. The van der Waals surface area contributed by atoms with E-state index in [0.29, 0.717) is 26.1 Å². The van der Waals surface area contributed by atoms with E-state index in [2.05, 4.69) is 6.07 Å². The van der Waals surface area contributed by atoms with Crippen LogP contribution in [0.4, 0.5) is 4.39 Å². The Kier molecular flexibility index (Phi) is 4.98. The standard InChI is InChI=1S/C23H28FN5O2/c24-16-6-4-15(5-7-16)23(8-2-9-23)29-18-11-20(22(29)31)27(13-18)14-19(26)21(30)28-10-1-3-17(28)12-25/h4-7,17-20H,1-3,8-11,13-14,26H2/t17?,18-,19?,20?/m0/s1. The predicted molar refractivity (Wildman–Crippen MR) is 111 cm³/mol. The highest BCUT2D eigenvalue weighted by molar-refractivity contribution is 5.87. The molecular formula is C23H28FN5O2. The number of nitrogens with two attached hydrogens (primary N) is 1. The van der Waals surface area contributed by atoms with Gasteiger partial charge in [0.1, 0.15) is 11.9 Å². The number of hydrogen-bond acceptors (Lipinski definition) is 5. The van der Waals surface area contributed by atoms with Crippen molar-refractivity contribution in [2.75, 3.05) is 19.6 Å². The highest BCUT2D eigenvalue weighted by Crippen LogP contribution is 2.51. The molecule has 3 unspecified atom stereocenters. The molecule has 2 amide bonds. The number of carbonyl (C=O) groups excluding carboxylic acids is 2. The van der Waals surface area contributed by atoms with Gasteiger partial charge in [-0.1, -0.05) is 12.1 Å². The van der Waals surface area contributed by atoms with Crippen LogP contribution in [0.15, 0.2) is 24.3 Å². The molecule has 1 aliphatic carbocycles. The summed E-state index contributed by atoms with van der Waals surface area (Å²) >= 11 is 0. The van der Waals surface area contributed by atoms with E-state index >= 15 is 0 Å². The van der Waals surface area contributed by atoms with Crippen molar-refractivity contribution in [3.63, 3.8) is 0 Å². The molecule has 2 bridgehead atoms. The molecule has 164 valence electrons. The van der Waals surface area contributed by atoms with E-state index in [-0.39, 0.29) is 41.3 Å². The lowest BCUT2D eigenvalue weighted by Crippen LogP contribution is -2.62. The monoisotopic (exact) mass is 425 g/mol. The van der Waals surface area contributed by atoms with Crippen molar-refractivity contribution >= 4 is 11.8 Å². The molecule has 4 fully saturated rings. The fourth-order valence-corrected chi connectivity index (χ4v) is 6.07. The molecule has 3 saturated heterocycles. The van der Waals surface area contributed by atoms with Gasteiger partial charge in [-0.3, -0.25) is 14.5 Å². The first kappa shape index (κ1) is 20.4. The van der Waals surface area contributed by atoms with Crippen molar-refractivity contribution in [2.24, 2.45) is 5.73 Å². The highest BCUT2D eigenvalue weighted by atomic mass is 19.1. The molecule has 2 N–H and O–H groups in total. The van der Waals surface area contributed by atoms with E-state index in [1.54, 1.807) is 4.90 Å². The molecule has 1 saturated carbocycles. The van der Waals surface area contributed by atoms with Gasteiger partial charge in [0.2, 0.25) is 11.8 Å². The van der Waals surface area contributed by atoms with E-state index in [1.165, 1.54) is 12.1 Å².